The minimum absolute atomic E-state index is 0.109. The molecular formula is C13H20FNS. The number of hydrogen-bond acceptors (Lipinski definition) is 2. The maximum Gasteiger partial charge on any atom is 0.127 e. The molecular weight excluding hydrogens is 221 g/mol. The molecule has 0 saturated heterocycles. The number of aryl methyl sites for hydroxylation is 1. The van der Waals surface area contributed by atoms with Crippen molar-refractivity contribution in [2.24, 2.45) is 0 Å². The summed E-state index contributed by atoms with van der Waals surface area (Å²) in [6.07, 6.45) is 4.51. The summed E-state index contributed by atoms with van der Waals surface area (Å²) in [5, 5.41) is 3.28. The molecule has 0 unspecified atom stereocenters. The Morgan fingerprint density at radius 3 is 2.88 bits per heavy atom. The Hall–Kier alpha value is -0.540. The smallest absolute Gasteiger partial charge is 0.127 e. The first-order valence-corrected chi connectivity index (χ1v) is 7.08. The highest BCUT2D eigenvalue weighted by Crippen LogP contribution is 2.09. The van der Waals surface area contributed by atoms with Gasteiger partial charge in [-0.25, -0.2) is 4.39 Å². The predicted octanol–water partition coefficient (Wildman–Crippen LogP) is 3.37. The van der Waals surface area contributed by atoms with Gasteiger partial charge in [-0.2, -0.15) is 11.8 Å². The minimum atomic E-state index is -0.109. The topological polar surface area (TPSA) is 12.0 Å². The Morgan fingerprint density at radius 2 is 2.12 bits per heavy atom. The van der Waals surface area contributed by atoms with Crippen LogP contribution in [0.1, 0.15) is 24.0 Å². The number of rotatable bonds is 7. The van der Waals surface area contributed by atoms with E-state index in [0.717, 1.165) is 24.1 Å². The zero-order valence-corrected chi connectivity index (χ0v) is 10.9. The molecule has 3 heteroatoms. The summed E-state index contributed by atoms with van der Waals surface area (Å²) >= 11 is 1.87. The monoisotopic (exact) mass is 241 g/mol. The lowest BCUT2D eigenvalue weighted by Crippen LogP contribution is -2.15. The fourth-order valence-electron chi connectivity index (χ4n) is 1.56. The molecule has 1 aromatic carbocycles. The van der Waals surface area contributed by atoms with E-state index in [4.69, 9.17) is 0 Å². The van der Waals surface area contributed by atoms with Crippen LogP contribution in [-0.2, 0) is 6.54 Å². The van der Waals surface area contributed by atoms with Crippen LogP contribution >= 0.6 is 11.8 Å². The summed E-state index contributed by atoms with van der Waals surface area (Å²) in [6, 6.07) is 5.25. The van der Waals surface area contributed by atoms with Crippen molar-refractivity contribution in [1.82, 2.24) is 5.32 Å². The molecule has 0 amide bonds. The van der Waals surface area contributed by atoms with Gasteiger partial charge in [0.05, 0.1) is 0 Å². The van der Waals surface area contributed by atoms with Gasteiger partial charge in [-0.05, 0) is 44.4 Å². The zero-order valence-electron chi connectivity index (χ0n) is 10.1. The van der Waals surface area contributed by atoms with Gasteiger partial charge in [0, 0.05) is 12.1 Å². The van der Waals surface area contributed by atoms with E-state index in [0.29, 0.717) is 6.54 Å². The van der Waals surface area contributed by atoms with Crippen molar-refractivity contribution in [1.29, 1.82) is 0 Å². The van der Waals surface area contributed by atoms with E-state index in [-0.39, 0.29) is 5.82 Å². The second kappa shape index (κ2) is 7.69. The molecule has 0 spiro atoms. The summed E-state index contributed by atoms with van der Waals surface area (Å²) in [5.41, 5.74) is 1.88. The van der Waals surface area contributed by atoms with Gasteiger partial charge in [-0.3, -0.25) is 0 Å². The summed E-state index contributed by atoms with van der Waals surface area (Å²) in [5.74, 6) is 1.10. The first-order chi connectivity index (χ1) is 7.74. The van der Waals surface area contributed by atoms with Crippen molar-refractivity contribution >= 4 is 11.8 Å². The third-order valence-corrected chi connectivity index (χ3v) is 3.17. The Morgan fingerprint density at radius 1 is 1.31 bits per heavy atom. The Balaban J connectivity index is 2.23. The first kappa shape index (κ1) is 13.5. The number of benzene rings is 1. The normalized spacial score (nSPS) is 10.7. The number of hydrogen-bond donors (Lipinski definition) is 1. The van der Waals surface area contributed by atoms with E-state index in [1.807, 2.05) is 24.8 Å². The van der Waals surface area contributed by atoms with Crippen LogP contribution in [0.4, 0.5) is 4.39 Å². The van der Waals surface area contributed by atoms with E-state index in [2.05, 4.69) is 11.6 Å². The van der Waals surface area contributed by atoms with Crippen molar-refractivity contribution in [3.63, 3.8) is 0 Å². The van der Waals surface area contributed by atoms with Gasteiger partial charge in [-0.15, -0.1) is 0 Å². The number of nitrogens with one attached hydrogen (secondary N) is 1. The van der Waals surface area contributed by atoms with Crippen LogP contribution in [0.3, 0.4) is 0 Å². The summed E-state index contributed by atoms with van der Waals surface area (Å²) in [7, 11) is 0. The van der Waals surface area contributed by atoms with E-state index in [1.165, 1.54) is 12.2 Å². The summed E-state index contributed by atoms with van der Waals surface area (Å²) in [6.45, 7) is 3.59. The molecule has 90 valence electrons. The van der Waals surface area contributed by atoms with E-state index in [1.54, 1.807) is 12.1 Å². The van der Waals surface area contributed by atoms with Crippen LogP contribution in [0.2, 0.25) is 0 Å². The van der Waals surface area contributed by atoms with Crippen molar-refractivity contribution in [2.45, 2.75) is 26.3 Å². The van der Waals surface area contributed by atoms with E-state index >= 15 is 0 Å². The summed E-state index contributed by atoms with van der Waals surface area (Å²) < 4.78 is 13.4. The molecule has 1 nitrogen and oxygen atoms in total. The van der Waals surface area contributed by atoms with Gasteiger partial charge in [-0.1, -0.05) is 17.7 Å². The molecule has 1 rings (SSSR count). The molecule has 0 saturated carbocycles. The van der Waals surface area contributed by atoms with Gasteiger partial charge in [0.15, 0.2) is 0 Å². The quantitative estimate of drug-likeness (QED) is 0.735. The second-order valence-electron chi connectivity index (χ2n) is 3.97. The fourth-order valence-corrected chi connectivity index (χ4v) is 2.05. The average molecular weight is 241 g/mol. The Kier molecular flexibility index (Phi) is 6.50. The molecule has 0 aliphatic rings. The van der Waals surface area contributed by atoms with Gasteiger partial charge in [0.2, 0.25) is 0 Å². The van der Waals surface area contributed by atoms with Crippen LogP contribution in [0.15, 0.2) is 18.2 Å². The van der Waals surface area contributed by atoms with Crippen molar-refractivity contribution in [2.75, 3.05) is 18.6 Å². The number of thioether (sulfide) groups is 1. The standard InChI is InChI=1S/C13H20FNS/c1-11-5-6-13(14)12(9-11)10-15-7-3-4-8-16-2/h5-6,9,15H,3-4,7-8,10H2,1-2H3. The largest absolute Gasteiger partial charge is 0.313 e. The molecule has 0 atom stereocenters. The molecule has 16 heavy (non-hydrogen) atoms. The maximum absolute atomic E-state index is 13.4. The molecule has 1 aromatic rings. The zero-order chi connectivity index (χ0) is 11.8. The lowest BCUT2D eigenvalue weighted by molar-refractivity contribution is 0.580. The van der Waals surface area contributed by atoms with Crippen LogP contribution in [-0.4, -0.2) is 18.6 Å². The van der Waals surface area contributed by atoms with Crippen LogP contribution < -0.4 is 5.32 Å². The molecule has 1 N–H and O–H groups in total. The van der Waals surface area contributed by atoms with Gasteiger partial charge >= 0.3 is 0 Å². The van der Waals surface area contributed by atoms with Crippen molar-refractivity contribution < 1.29 is 4.39 Å². The van der Waals surface area contributed by atoms with E-state index < -0.39 is 0 Å². The Labute approximate surface area is 102 Å². The van der Waals surface area contributed by atoms with Crippen molar-refractivity contribution in [3.8, 4) is 0 Å². The molecule has 0 bridgehead atoms. The van der Waals surface area contributed by atoms with Crippen LogP contribution in [0.25, 0.3) is 0 Å². The molecule has 0 aromatic heterocycles. The molecule has 0 fully saturated rings. The lowest BCUT2D eigenvalue weighted by atomic mass is 10.1. The predicted molar refractivity (Wildman–Crippen MR) is 70.5 cm³/mol. The second-order valence-corrected chi connectivity index (χ2v) is 4.96. The van der Waals surface area contributed by atoms with Gasteiger partial charge < -0.3 is 5.32 Å². The van der Waals surface area contributed by atoms with Crippen LogP contribution in [0, 0.1) is 12.7 Å². The number of unbranched alkanes of at least 4 members (excludes halogenated alkanes) is 1. The molecule has 0 radical (unpaired) electrons. The first-order valence-electron chi connectivity index (χ1n) is 5.68. The number of halogens is 1. The van der Waals surface area contributed by atoms with Crippen LogP contribution in [0.5, 0.6) is 0 Å². The van der Waals surface area contributed by atoms with Gasteiger partial charge in [0.1, 0.15) is 5.82 Å². The maximum atomic E-state index is 13.4. The highest BCUT2D eigenvalue weighted by molar-refractivity contribution is 7.98. The fraction of sp³-hybridized carbons (Fsp3) is 0.538. The van der Waals surface area contributed by atoms with E-state index in [9.17, 15) is 4.39 Å². The minimum Gasteiger partial charge on any atom is -0.313 e. The summed E-state index contributed by atoms with van der Waals surface area (Å²) in [4.78, 5) is 0. The SMILES string of the molecule is CSCCCCNCc1cc(C)ccc1F. The average Bonchev–Trinajstić information content (AvgIpc) is 2.28. The third kappa shape index (κ3) is 4.99. The Bertz CT molecular complexity index is 315. The molecule has 0 heterocycles. The van der Waals surface area contributed by atoms with Gasteiger partial charge in [0.25, 0.3) is 0 Å². The highest BCUT2D eigenvalue weighted by atomic mass is 32.2. The third-order valence-electron chi connectivity index (χ3n) is 2.47. The van der Waals surface area contributed by atoms with Crippen molar-refractivity contribution in [3.05, 3.63) is 35.1 Å². The lowest BCUT2D eigenvalue weighted by Gasteiger charge is -2.06. The molecule has 0 aliphatic carbocycles. The molecule has 0 aliphatic heterocycles. The highest BCUT2D eigenvalue weighted by Gasteiger charge is 2.01.